The average Bonchev–Trinajstić information content (AvgIpc) is 2.76. The van der Waals surface area contributed by atoms with Gasteiger partial charge in [-0.1, -0.05) is 40.3 Å². The smallest absolute Gasteiger partial charge is 0.346 e. The zero-order chi connectivity index (χ0) is 15.9. The van der Waals surface area contributed by atoms with E-state index in [1.807, 2.05) is 24.3 Å². The Morgan fingerprint density at radius 1 is 1.50 bits per heavy atom. The molecule has 0 atom stereocenters. The molecule has 3 aromatic rings. The molecular formula is C15H11BrN2O2S2. The van der Waals surface area contributed by atoms with E-state index < -0.39 is 5.97 Å². The summed E-state index contributed by atoms with van der Waals surface area (Å²) in [5.41, 5.74) is 1.77. The summed E-state index contributed by atoms with van der Waals surface area (Å²) in [4.78, 5) is 19.9. The molecule has 0 spiro atoms. The molecule has 7 heteroatoms. The summed E-state index contributed by atoms with van der Waals surface area (Å²) in [7, 11) is 0. The number of halogens is 1. The summed E-state index contributed by atoms with van der Waals surface area (Å²) < 4.78 is 1.54. The van der Waals surface area contributed by atoms with Gasteiger partial charge in [0.2, 0.25) is 0 Å². The van der Waals surface area contributed by atoms with E-state index in [-0.39, 0.29) is 0 Å². The molecule has 0 radical (unpaired) electrons. The van der Waals surface area contributed by atoms with Gasteiger partial charge in [-0.25, -0.2) is 9.78 Å². The number of carboxylic acid groups (broad SMARTS) is 1. The minimum atomic E-state index is -0.941. The van der Waals surface area contributed by atoms with Crippen LogP contribution in [0.3, 0.4) is 0 Å². The monoisotopic (exact) mass is 394 g/mol. The van der Waals surface area contributed by atoms with Crippen LogP contribution < -0.4 is 0 Å². The molecule has 0 unspecified atom stereocenters. The molecule has 0 aliphatic rings. The van der Waals surface area contributed by atoms with Gasteiger partial charge < -0.3 is 10.1 Å². The molecule has 0 aliphatic heterocycles. The molecule has 2 aromatic heterocycles. The van der Waals surface area contributed by atoms with Gasteiger partial charge in [-0.05, 0) is 30.2 Å². The number of hydrogen-bond donors (Lipinski definition) is 2. The van der Waals surface area contributed by atoms with Gasteiger partial charge >= 0.3 is 5.97 Å². The molecule has 4 nitrogen and oxygen atoms in total. The fourth-order valence-electron chi connectivity index (χ4n) is 2.32. The minimum absolute atomic E-state index is 0.293. The number of aromatic amines is 1. The van der Waals surface area contributed by atoms with Crippen LogP contribution >= 0.6 is 39.5 Å². The van der Waals surface area contributed by atoms with Gasteiger partial charge in [-0.3, -0.25) is 0 Å². The second-order valence-electron chi connectivity index (χ2n) is 4.86. The Bertz CT molecular complexity index is 946. The lowest BCUT2D eigenvalue weighted by Crippen LogP contribution is -1.97. The number of fused-ring (bicyclic) bond motifs is 1. The van der Waals surface area contributed by atoms with Crippen LogP contribution in [0.1, 0.15) is 26.6 Å². The SMILES string of the molecule is Cc1c(C(=O)O)sc2nc(Cc3cccc(Br)c3)[nH]c(=S)c12. The van der Waals surface area contributed by atoms with E-state index >= 15 is 0 Å². The molecule has 2 N–H and O–H groups in total. The van der Waals surface area contributed by atoms with Gasteiger partial charge in [-0.2, -0.15) is 0 Å². The molecule has 0 saturated heterocycles. The van der Waals surface area contributed by atoms with Crippen molar-refractivity contribution in [3.05, 3.63) is 55.2 Å². The molecule has 0 fully saturated rings. The highest BCUT2D eigenvalue weighted by Crippen LogP contribution is 2.30. The Morgan fingerprint density at radius 2 is 2.27 bits per heavy atom. The largest absolute Gasteiger partial charge is 0.477 e. The van der Waals surface area contributed by atoms with E-state index in [4.69, 9.17) is 12.2 Å². The van der Waals surface area contributed by atoms with Crippen molar-refractivity contribution in [3.63, 3.8) is 0 Å². The summed E-state index contributed by atoms with van der Waals surface area (Å²) >= 11 is 9.99. The van der Waals surface area contributed by atoms with E-state index in [0.29, 0.717) is 26.3 Å². The van der Waals surface area contributed by atoms with E-state index in [0.717, 1.165) is 21.2 Å². The van der Waals surface area contributed by atoms with Gasteiger partial charge in [0.05, 0.1) is 0 Å². The third kappa shape index (κ3) is 2.84. The van der Waals surface area contributed by atoms with Crippen LogP contribution in [0.2, 0.25) is 0 Å². The van der Waals surface area contributed by atoms with E-state index in [2.05, 4.69) is 25.9 Å². The topological polar surface area (TPSA) is 66.0 Å². The fraction of sp³-hybridized carbons (Fsp3) is 0.133. The Hall–Kier alpha value is -1.57. The number of hydrogen-bond acceptors (Lipinski definition) is 4. The Labute approximate surface area is 144 Å². The summed E-state index contributed by atoms with van der Waals surface area (Å²) in [6, 6.07) is 7.95. The van der Waals surface area contributed by atoms with Crippen LogP contribution in [-0.4, -0.2) is 21.0 Å². The van der Waals surface area contributed by atoms with Gasteiger partial charge in [0.1, 0.15) is 20.2 Å². The molecule has 3 rings (SSSR count). The predicted octanol–water partition coefficient (Wildman–Crippen LogP) is 4.71. The van der Waals surface area contributed by atoms with Crippen molar-refractivity contribution in [2.45, 2.75) is 13.3 Å². The molecule has 22 heavy (non-hydrogen) atoms. The molecule has 112 valence electrons. The lowest BCUT2D eigenvalue weighted by molar-refractivity contribution is 0.0701. The maximum atomic E-state index is 11.2. The number of nitrogens with zero attached hydrogens (tertiary/aromatic N) is 1. The molecule has 2 heterocycles. The number of carboxylic acids is 1. The van der Waals surface area contributed by atoms with Crippen molar-refractivity contribution in [2.24, 2.45) is 0 Å². The third-order valence-electron chi connectivity index (χ3n) is 3.30. The van der Waals surface area contributed by atoms with Crippen molar-refractivity contribution in [3.8, 4) is 0 Å². The number of carbonyl (C=O) groups is 1. The molecule has 0 aliphatic carbocycles. The number of rotatable bonds is 3. The molecule has 0 saturated carbocycles. The average molecular weight is 395 g/mol. The van der Waals surface area contributed by atoms with E-state index in [1.165, 1.54) is 11.3 Å². The van der Waals surface area contributed by atoms with Gasteiger partial charge in [0.15, 0.2) is 0 Å². The fourth-order valence-corrected chi connectivity index (χ4v) is 4.24. The first-order valence-electron chi connectivity index (χ1n) is 6.45. The lowest BCUT2D eigenvalue weighted by atomic mass is 10.1. The molecule has 0 amide bonds. The van der Waals surface area contributed by atoms with E-state index in [1.54, 1.807) is 6.92 Å². The number of benzene rings is 1. The van der Waals surface area contributed by atoms with Crippen molar-refractivity contribution in [2.75, 3.05) is 0 Å². The summed E-state index contributed by atoms with van der Waals surface area (Å²) in [6.07, 6.45) is 0.609. The van der Waals surface area contributed by atoms with Crippen LogP contribution in [-0.2, 0) is 6.42 Å². The number of aromatic carboxylic acids is 1. The van der Waals surface area contributed by atoms with Crippen molar-refractivity contribution in [1.29, 1.82) is 0 Å². The Balaban J connectivity index is 2.09. The first kappa shape index (κ1) is 15.3. The number of thiophene rings is 1. The van der Waals surface area contributed by atoms with Crippen LogP contribution in [0.4, 0.5) is 0 Å². The highest BCUT2D eigenvalue weighted by atomic mass is 79.9. The minimum Gasteiger partial charge on any atom is -0.477 e. The molecule has 1 aromatic carbocycles. The van der Waals surface area contributed by atoms with Gasteiger partial charge in [-0.15, -0.1) is 11.3 Å². The Morgan fingerprint density at radius 3 is 2.95 bits per heavy atom. The van der Waals surface area contributed by atoms with Crippen LogP contribution in [0, 0.1) is 11.6 Å². The third-order valence-corrected chi connectivity index (χ3v) is 5.28. The molecular weight excluding hydrogens is 384 g/mol. The summed E-state index contributed by atoms with van der Waals surface area (Å²) in [5.74, 6) is -0.211. The quantitative estimate of drug-likeness (QED) is 0.631. The highest BCUT2D eigenvalue weighted by Gasteiger charge is 2.17. The van der Waals surface area contributed by atoms with Gasteiger partial charge in [0.25, 0.3) is 0 Å². The number of aromatic nitrogens is 2. The second-order valence-corrected chi connectivity index (χ2v) is 7.18. The maximum Gasteiger partial charge on any atom is 0.346 e. The number of aryl methyl sites for hydroxylation is 1. The van der Waals surface area contributed by atoms with Crippen molar-refractivity contribution in [1.82, 2.24) is 9.97 Å². The normalized spacial score (nSPS) is 11.0. The van der Waals surface area contributed by atoms with Crippen LogP contribution in [0.5, 0.6) is 0 Å². The zero-order valence-electron chi connectivity index (χ0n) is 11.5. The predicted molar refractivity (Wildman–Crippen MR) is 93.4 cm³/mol. The maximum absolute atomic E-state index is 11.2. The van der Waals surface area contributed by atoms with Crippen molar-refractivity contribution >= 4 is 55.7 Å². The summed E-state index contributed by atoms with van der Waals surface area (Å²) in [6.45, 7) is 1.77. The zero-order valence-corrected chi connectivity index (χ0v) is 14.7. The van der Waals surface area contributed by atoms with Gasteiger partial charge in [0, 0.05) is 16.3 Å². The van der Waals surface area contributed by atoms with Crippen LogP contribution in [0.25, 0.3) is 10.2 Å². The lowest BCUT2D eigenvalue weighted by Gasteiger charge is -2.03. The number of H-pyrrole nitrogens is 1. The highest BCUT2D eigenvalue weighted by molar-refractivity contribution is 9.10. The summed E-state index contributed by atoms with van der Waals surface area (Å²) in [5, 5.41) is 9.96. The standard InChI is InChI=1S/C15H11BrN2O2S2/c1-7-11-13(21)17-10(6-8-3-2-4-9(16)5-8)18-14(11)22-12(7)15(19)20/h2-5H,6H2,1H3,(H,19,20)(H,17,18,21). The van der Waals surface area contributed by atoms with E-state index in [9.17, 15) is 9.90 Å². The Kier molecular flexibility index (Phi) is 4.12. The molecule has 0 bridgehead atoms. The van der Waals surface area contributed by atoms with Crippen LogP contribution in [0.15, 0.2) is 28.7 Å². The van der Waals surface area contributed by atoms with Crippen molar-refractivity contribution < 1.29 is 9.90 Å². The number of nitrogens with one attached hydrogen (secondary N) is 1. The first-order chi connectivity index (χ1) is 10.5. The second kappa shape index (κ2) is 5.91. The first-order valence-corrected chi connectivity index (χ1v) is 8.47.